The number of nitrogens with one attached hydrogen (secondary N) is 1. The number of aromatic nitrogens is 1. The Morgan fingerprint density at radius 2 is 2.27 bits per heavy atom. The van der Waals surface area contributed by atoms with Gasteiger partial charge in [-0.1, -0.05) is 22.8 Å². The third-order valence-electron chi connectivity index (χ3n) is 5.48. The highest BCUT2D eigenvalue weighted by Gasteiger charge is 2.22. The quantitative estimate of drug-likeness (QED) is 0.396. The fourth-order valence-electron chi connectivity index (χ4n) is 3.93. The summed E-state index contributed by atoms with van der Waals surface area (Å²) in [6.07, 6.45) is 4.94. The highest BCUT2D eigenvalue weighted by atomic mass is 35.5. The van der Waals surface area contributed by atoms with E-state index in [-0.39, 0.29) is 5.02 Å². The highest BCUT2D eigenvalue weighted by molar-refractivity contribution is 6.30. The van der Waals surface area contributed by atoms with E-state index in [2.05, 4.69) is 20.4 Å². The molecule has 6 nitrogen and oxygen atoms in total. The lowest BCUT2D eigenvalue weighted by atomic mass is 9.97. The van der Waals surface area contributed by atoms with Crippen molar-refractivity contribution >= 4 is 28.8 Å². The Kier molecular flexibility index (Phi) is 6.72. The first kappa shape index (κ1) is 20.9. The maximum absolute atomic E-state index is 13.4. The first-order chi connectivity index (χ1) is 14.6. The molecule has 1 atom stereocenters. The van der Waals surface area contributed by atoms with Crippen LogP contribution in [0.3, 0.4) is 0 Å². The Morgan fingerprint density at radius 1 is 1.37 bits per heavy atom. The zero-order valence-electron chi connectivity index (χ0n) is 16.6. The van der Waals surface area contributed by atoms with E-state index in [1.807, 2.05) is 6.07 Å². The van der Waals surface area contributed by atoms with Gasteiger partial charge in [0.25, 0.3) is 0 Å². The summed E-state index contributed by atoms with van der Waals surface area (Å²) in [6.45, 7) is 3.27. The molecule has 2 N–H and O–H groups in total. The molecule has 1 aromatic carbocycles. The smallest absolute Gasteiger partial charge is 0.156 e. The Hall–Kier alpha value is -2.35. The Balaban J connectivity index is 1.42. The number of hydrogen-bond acceptors (Lipinski definition) is 6. The van der Waals surface area contributed by atoms with Crippen molar-refractivity contribution < 1.29 is 14.3 Å². The third-order valence-corrected chi connectivity index (χ3v) is 5.77. The number of rotatable bonds is 7. The molecular weight excluding hydrogens is 407 g/mol. The fraction of sp³-hybridized carbons (Fsp3) is 0.409. The molecule has 0 spiro atoms. The van der Waals surface area contributed by atoms with E-state index in [9.17, 15) is 9.60 Å². The van der Waals surface area contributed by atoms with Gasteiger partial charge in [-0.2, -0.15) is 0 Å². The maximum atomic E-state index is 13.4. The highest BCUT2D eigenvalue weighted by Crippen LogP contribution is 2.28. The van der Waals surface area contributed by atoms with Crippen molar-refractivity contribution in [2.24, 2.45) is 16.1 Å². The molecule has 2 aliphatic rings. The normalized spacial score (nSPS) is 18.9. The van der Waals surface area contributed by atoms with Gasteiger partial charge < -0.3 is 15.3 Å². The lowest BCUT2D eigenvalue weighted by Gasteiger charge is -2.22. The van der Waals surface area contributed by atoms with Gasteiger partial charge in [0.05, 0.1) is 17.3 Å². The largest absolute Gasteiger partial charge is 0.411 e. The second-order valence-corrected chi connectivity index (χ2v) is 8.11. The second-order valence-electron chi connectivity index (χ2n) is 7.70. The lowest BCUT2D eigenvalue weighted by Crippen LogP contribution is -2.32. The van der Waals surface area contributed by atoms with E-state index in [1.54, 1.807) is 18.3 Å². The van der Waals surface area contributed by atoms with E-state index in [0.29, 0.717) is 36.8 Å². The van der Waals surface area contributed by atoms with Crippen LogP contribution in [-0.4, -0.2) is 47.9 Å². The van der Waals surface area contributed by atoms with Gasteiger partial charge in [-0.25, -0.2) is 14.4 Å². The maximum Gasteiger partial charge on any atom is 0.156 e. The first-order valence-electron chi connectivity index (χ1n) is 10.1. The monoisotopic (exact) mass is 430 g/mol. The van der Waals surface area contributed by atoms with Gasteiger partial charge in [0.15, 0.2) is 5.82 Å². The molecule has 0 saturated carbocycles. The zero-order chi connectivity index (χ0) is 20.9. The van der Waals surface area contributed by atoms with Crippen LogP contribution >= 0.6 is 11.6 Å². The van der Waals surface area contributed by atoms with Crippen LogP contribution in [0.1, 0.15) is 29.5 Å². The summed E-state index contributed by atoms with van der Waals surface area (Å²) in [4.78, 5) is 9.02. The summed E-state index contributed by atoms with van der Waals surface area (Å²) in [7, 11) is 0. The molecule has 8 heteroatoms. The molecule has 0 radical (unpaired) electrons. The number of ether oxygens (including phenoxy) is 1. The number of nitrogens with zero attached hydrogens (tertiary/aromatic N) is 3. The van der Waals surface area contributed by atoms with Crippen molar-refractivity contribution in [1.82, 2.24) is 10.3 Å². The van der Waals surface area contributed by atoms with Gasteiger partial charge in [0, 0.05) is 55.6 Å². The topological polar surface area (TPSA) is 79.1 Å². The van der Waals surface area contributed by atoms with Gasteiger partial charge in [-0.15, -0.1) is 0 Å². The summed E-state index contributed by atoms with van der Waals surface area (Å²) >= 11 is 5.88. The van der Waals surface area contributed by atoms with E-state index in [1.165, 1.54) is 12.5 Å². The molecule has 2 aliphatic heterocycles. The Morgan fingerprint density at radius 3 is 3.03 bits per heavy atom. The first-order valence-corrected chi connectivity index (χ1v) is 10.5. The van der Waals surface area contributed by atoms with Crippen molar-refractivity contribution in [3.8, 4) is 0 Å². The van der Waals surface area contributed by atoms with Crippen molar-refractivity contribution in [3.05, 3.63) is 58.0 Å². The summed E-state index contributed by atoms with van der Waals surface area (Å²) in [6, 6.07) is 6.32. The van der Waals surface area contributed by atoms with Gasteiger partial charge >= 0.3 is 0 Å². The molecule has 0 aliphatic carbocycles. The molecule has 158 valence electrons. The second kappa shape index (κ2) is 9.64. The minimum atomic E-state index is -0.474. The summed E-state index contributed by atoms with van der Waals surface area (Å²) < 4.78 is 19.0. The van der Waals surface area contributed by atoms with Crippen LogP contribution in [-0.2, 0) is 17.6 Å². The third kappa shape index (κ3) is 4.86. The average molecular weight is 431 g/mol. The van der Waals surface area contributed by atoms with Gasteiger partial charge in [0.2, 0.25) is 0 Å². The van der Waals surface area contributed by atoms with E-state index in [0.717, 1.165) is 48.6 Å². The number of aliphatic imine (C=N–C) groups is 1. The molecule has 4 rings (SSSR count). The summed E-state index contributed by atoms with van der Waals surface area (Å²) in [5.41, 5.74) is 3.97. The summed E-state index contributed by atoms with van der Waals surface area (Å²) in [5, 5.41) is 16.7. The minimum absolute atomic E-state index is 0.0461. The van der Waals surface area contributed by atoms with Crippen LogP contribution in [0.4, 0.5) is 10.2 Å². The SMILES string of the molecule is O/N=C(\Cc1ccc(F)c(Cl)c1)c1ccnc2c1CC(CNCC1CCCOC1)=N2. The number of hydrogen-bond donors (Lipinski definition) is 2. The number of benzene rings is 1. The number of oxime groups is 1. The molecule has 0 amide bonds. The molecule has 1 aromatic heterocycles. The van der Waals surface area contributed by atoms with Crippen LogP contribution in [0.25, 0.3) is 0 Å². The predicted octanol–water partition coefficient (Wildman–Crippen LogP) is 3.94. The minimum Gasteiger partial charge on any atom is -0.411 e. The Labute approximate surface area is 179 Å². The lowest BCUT2D eigenvalue weighted by molar-refractivity contribution is 0.0553. The number of fused-ring (bicyclic) bond motifs is 1. The molecule has 0 bridgehead atoms. The predicted molar refractivity (Wildman–Crippen MR) is 115 cm³/mol. The molecule has 30 heavy (non-hydrogen) atoms. The van der Waals surface area contributed by atoms with Crippen LogP contribution < -0.4 is 5.32 Å². The van der Waals surface area contributed by atoms with Crippen molar-refractivity contribution in [1.29, 1.82) is 0 Å². The number of pyridine rings is 1. The average Bonchev–Trinajstić information content (AvgIpc) is 3.18. The van der Waals surface area contributed by atoms with Crippen molar-refractivity contribution in [2.45, 2.75) is 25.7 Å². The Bertz CT molecular complexity index is 974. The van der Waals surface area contributed by atoms with Gasteiger partial charge in [0.1, 0.15) is 5.82 Å². The van der Waals surface area contributed by atoms with Crippen LogP contribution in [0.2, 0.25) is 5.02 Å². The van der Waals surface area contributed by atoms with E-state index >= 15 is 0 Å². The van der Waals surface area contributed by atoms with E-state index < -0.39 is 5.82 Å². The molecular formula is C22H24ClFN4O2. The van der Waals surface area contributed by atoms with Gasteiger partial charge in [-0.05, 0) is 42.5 Å². The zero-order valence-corrected chi connectivity index (χ0v) is 17.3. The molecule has 2 aromatic rings. The fourth-order valence-corrected chi connectivity index (χ4v) is 4.14. The van der Waals surface area contributed by atoms with Crippen molar-refractivity contribution in [2.75, 3.05) is 26.3 Å². The molecule has 1 fully saturated rings. The molecule has 1 unspecified atom stereocenters. The van der Waals surface area contributed by atoms with Gasteiger partial charge in [-0.3, -0.25) is 0 Å². The van der Waals surface area contributed by atoms with Crippen LogP contribution in [0.15, 0.2) is 40.6 Å². The molecule has 3 heterocycles. The van der Waals surface area contributed by atoms with Crippen LogP contribution in [0, 0.1) is 11.7 Å². The van der Waals surface area contributed by atoms with Crippen molar-refractivity contribution in [3.63, 3.8) is 0 Å². The standard InChI is InChI=1S/C22H24ClFN4O2/c23-19-8-14(3-4-20(19)24)9-21(28-29)17-5-6-26-22-18(17)10-16(27-22)12-25-11-15-2-1-7-30-13-15/h3-6,8,15,25,29H,1-2,7,9-13H2/b28-21+. The van der Waals surface area contributed by atoms with Crippen LogP contribution in [0.5, 0.6) is 0 Å². The van der Waals surface area contributed by atoms with E-state index in [4.69, 9.17) is 16.3 Å². The molecule has 1 saturated heterocycles. The number of halogens is 2. The summed E-state index contributed by atoms with van der Waals surface area (Å²) in [5.74, 6) is 0.731.